The van der Waals surface area contributed by atoms with E-state index in [0.717, 1.165) is 29.1 Å². The van der Waals surface area contributed by atoms with Crippen LogP contribution in [0, 0.1) is 0 Å². The molecule has 0 aromatic heterocycles. The van der Waals surface area contributed by atoms with E-state index in [-0.39, 0.29) is 0 Å². The average molecular weight is 318 g/mol. The number of halogens is 1. The van der Waals surface area contributed by atoms with Crippen molar-refractivity contribution >= 4 is 27.7 Å². The fourth-order valence-electron chi connectivity index (χ4n) is 1.40. The van der Waals surface area contributed by atoms with E-state index in [1.54, 1.807) is 11.8 Å². The van der Waals surface area contributed by atoms with Crippen LogP contribution in [0.15, 0.2) is 22.7 Å². The second-order valence-electron chi connectivity index (χ2n) is 4.10. The van der Waals surface area contributed by atoms with Gasteiger partial charge in [-0.2, -0.15) is 11.8 Å². The maximum absolute atomic E-state index is 5.83. The molecule has 0 bridgehead atoms. The van der Waals surface area contributed by atoms with E-state index < -0.39 is 0 Å². The third-order valence-corrected chi connectivity index (χ3v) is 3.48. The van der Waals surface area contributed by atoms with E-state index in [2.05, 4.69) is 47.4 Å². The largest absolute Gasteiger partial charge is 0.491 e. The van der Waals surface area contributed by atoms with Gasteiger partial charge in [0.25, 0.3) is 0 Å². The summed E-state index contributed by atoms with van der Waals surface area (Å²) in [5.41, 5.74) is 1.20. The predicted molar refractivity (Wildman–Crippen MR) is 80.0 cm³/mol. The molecule has 0 fully saturated rings. The first-order valence-electron chi connectivity index (χ1n) is 5.77. The van der Waals surface area contributed by atoms with Crippen LogP contribution in [0.4, 0.5) is 0 Å². The Morgan fingerprint density at radius 3 is 2.82 bits per heavy atom. The normalized spacial score (nSPS) is 10.9. The first-order chi connectivity index (χ1) is 8.15. The van der Waals surface area contributed by atoms with Crippen molar-refractivity contribution < 1.29 is 4.74 Å². The standard InChI is InChI=1S/C13H20BrNOS/c1-10(2)15-9-11-5-4-6-12(14)13(11)16-7-8-17-3/h4-6,10,15H,7-9H2,1-3H3. The lowest BCUT2D eigenvalue weighted by Crippen LogP contribution is -2.22. The van der Waals surface area contributed by atoms with Crippen LogP contribution in [0.25, 0.3) is 0 Å². The quantitative estimate of drug-likeness (QED) is 0.775. The molecule has 0 heterocycles. The van der Waals surface area contributed by atoms with Crippen LogP contribution >= 0.6 is 27.7 Å². The summed E-state index contributed by atoms with van der Waals surface area (Å²) < 4.78 is 6.86. The molecule has 1 aromatic rings. The van der Waals surface area contributed by atoms with Gasteiger partial charge in [0.15, 0.2) is 0 Å². The number of para-hydroxylation sites is 1. The van der Waals surface area contributed by atoms with Gasteiger partial charge < -0.3 is 10.1 Å². The zero-order valence-corrected chi connectivity index (χ0v) is 13.0. The zero-order valence-electron chi connectivity index (χ0n) is 10.6. The summed E-state index contributed by atoms with van der Waals surface area (Å²) in [5, 5.41) is 3.41. The van der Waals surface area contributed by atoms with E-state index in [4.69, 9.17) is 4.74 Å². The molecule has 0 radical (unpaired) electrons. The molecule has 1 aromatic carbocycles. The van der Waals surface area contributed by atoms with Crippen molar-refractivity contribution in [3.05, 3.63) is 28.2 Å². The van der Waals surface area contributed by atoms with Gasteiger partial charge in [0.1, 0.15) is 5.75 Å². The lowest BCUT2D eigenvalue weighted by atomic mass is 10.2. The summed E-state index contributed by atoms with van der Waals surface area (Å²) in [4.78, 5) is 0. The zero-order chi connectivity index (χ0) is 12.7. The molecule has 0 saturated carbocycles. The highest BCUT2D eigenvalue weighted by molar-refractivity contribution is 9.10. The lowest BCUT2D eigenvalue weighted by Gasteiger charge is -2.15. The molecule has 0 aliphatic rings. The van der Waals surface area contributed by atoms with Crippen LogP contribution in [0.1, 0.15) is 19.4 Å². The van der Waals surface area contributed by atoms with Crippen molar-refractivity contribution in [1.29, 1.82) is 0 Å². The smallest absolute Gasteiger partial charge is 0.137 e. The molecule has 96 valence electrons. The molecule has 0 aliphatic carbocycles. The number of ether oxygens (including phenoxy) is 1. The number of nitrogens with one attached hydrogen (secondary N) is 1. The maximum atomic E-state index is 5.83. The lowest BCUT2D eigenvalue weighted by molar-refractivity contribution is 0.336. The van der Waals surface area contributed by atoms with Crippen LogP contribution < -0.4 is 10.1 Å². The molecule has 1 N–H and O–H groups in total. The van der Waals surface area contributed by atoms with Gasteiger partial charge in [-0.1, -0.05) is 26.0 Å². The van der Waals surface area contributed by atoms with Crippen molar-refractivity contribution in [1.82, 2.24) is 5.32 Å². The molecule has 4 heteroatoms. The molecule has 0 amide bonds. The predicted octanol–water partition coefficient (Wildman–Crippen LogP) is 3.69. The highest BCUT2D eigenvalue weighted by Gasteiger charge is 2.08. The van der Waals surface area contributed by atoms with Crippen molar-refractivity contribution in [2.24, 2.45) is 0 Å². The molecule has 2 nitrogen and oxygen atoms in total. The molecular weight excluding hydrogens is 298 g/mol. The Labute approximate surface area is 117 Å². The SMILES string of the molecule is CSCCOc1c(Br)cccc1CNC(C)C. The molecular formula is C13H20BrNOS. The van der Waals surface area contributed by atoms with Gasteiger partial charge in [0.2, 0.25) is 0 Å². The van der Waals surface area contributed by atoms with Crippen molar-refractivity contribution in [3.8, 4) is 5.75 Å². The number of thioether (sulfide) groups is 1. The average Bonchev–Trinajstić information content (AvgIpc) is 2.29. The summed E-state index contributed by atoms with van der Waals surface area (Å²) in [7, 11) is 0. The van der Waals surface area contributed by atoms with Crippen molar-refractivity contribution in [3.63, 3.8) is 0 Å². The van der Waals surface area contributed by atoms with Gasteiger partial charge >= 0.3 is 0 Å². The molecule has 0 aliphatic heterocycles. The summed E-state index contributed by atoms with van der Waals surface area (Å²) in [6, 6.07) is 6.65. The summed E-state index contributed by atoms with van der Waals surface area (Å²) in [5.74, 6) is 1.98. The van der Waals surface area contributed by atoms with E-state index in [9.17, 15) is 0 Å². The Balaban J connectivity index is 2.69. The minimum absolute atomic E-state index is 0.480. The number of benzene rings is 1. The first kappa shape index (κ1) is 14.9. The first-order valence-corrected chi connectivity index (χ1v) is 7.96. The van der Waals surface area contributed by atoms with E-state index in [0.29, 0.717) is 6.04 Å². The second-order valence-corrected chi connectivity index (χ2v) is 5.94. The van der Waals surface area contributed by atoms with E-state index >= 15 is 0 Å². The van der Waals surface area contributed by atoms with Crippen molar-refractivity contribution in [2.75, 3.05) is 18.6 Å². The van der Waals surface area contributed by atoms with E-state index in [1.807, 2.05) is 12.1 Å². The third-order valence-electron chi connectivity index (χ3n) is 2.28. The number of hydrogen-bond donors (Lipinski definition) is 1. The van der Waals surface area contributed by atoms with Crippen LogP contribution in [-0.2, 0) is 6.54 Å². The van der Waals surface area contributed by atoms with Gasteiger partial charge in [-0.15, -0.1) is 0 Å². The van der Waals surface area contributed by atoms with Crippen molar-refractivity contribution in [2.45, 2.75) is 26.4 Å². The Morgan fingerprint density at radius 1 is 1.41 bits per heavy atom. The molecule has 0 saturated heterocycles. The van der Waals surface area contributed by atoms with Crippen LogP contribution in [-0.4, -0.2) is 24.7 Å². The molecule has 0 spiro atoms. The van der Waals surface area contributed by atoms with Crippen LogP contribution in [0.5, 0.6) is 5.75 Å². The Kier molecular flexibility index (Phi) is 7.00. The summed E-state index contributed by atoms with van der Waals surface area (Å²) in [6.07, 6.45) is 2.09. The Bertz CT molecular complexity index is 344. The van der Waals surface area contributed by atoms with Gasteiger partial charge in [-0.3, -0.25) is 0 Å². The van der Waals surface area contributed by atoms with Gasteiger partial charge in [-0.05, 0) is 28.3 Å². The minimum atomic E-state index is 0.480. The van der Waals surface area contributed by atoms with Gasteiger partial charge in [-0.25, -0.2) is 0 Å². The fourth-order valence-corrected chi connectivity index (χ4v) is 2.17. The molecule has 17 heavy (non-hydrogen) atoms. The van der Waals surface area contributed by atoms with Gasteiger partial charge in [0.05, 0.1) is 11.1 Å². The second kappa shape index (κ2) is 8.01. The fraction of sp³-hybridized carbons (Fsp3) is 0.538. The van der Waals surface area contributed by atoms with Crippen LogP contribution in [0.2, 0.25) is 0 Å². The molecule has 0 unspecified atom stereocenters. The minimum Gasteiger partial charge on any atom is -0.491 e. The highest BCUT2D eigenvalue weighted by atomic mass is 79.9. The molecule has 0 atom stereocenters. The maximum Gasteiger partial charge on any atom is 0.137 e. The van der Waals surface area contributed by atoms with E-state index in [1.165, 1.54) is 5.56 Å². The summed E-state index contributed by atoms with van der Waals surface area (Å²) in [6.45, 7) is 5.88. The Hall–Kier alpha value is -0.190. The summed E-state index contributed by atoms with van der Waals surface area (Å²) >= 11 is 5.34. The highest BCUT2D eigenvalue weighted by Crippen LogP contribution is 2.29. The number of rotatable bonds is 7. The monoisotopic (exact) mass is 317 g/mol. The number of hydrogen-bond acceptors (Lipinski definition) is 3. The Morgan fingerprint density at radius 2 is 2.18 bits per heavy atom. The topological polar surface area (TPSA) is 21.3 Å². The van der Waals surface area contributed by atoms with Gasteiger partial charge in [0, 0.05) is 23.9 Å². The van der Waals surface area contributed by atoms with Crippen LogP contribution in [0.3, 0.4) is 0 Å². The molecule has 1 rings (SSSR count). The third kappa shape index (κ3) is 5.32.